The predicted octanol–water partition coefficient (Wildman–Crippen LogP) is 2.93. The molecule has 0 bridgehead atoms. The Kier molecular flexibility index (Phi) is 7.40. The first-order chi connectivity index (χ1) is 13.3. The summed E-state index contributed by atoms with van der Waals surface area (Å²) in [5.41, 5.74) is 1.01. The molecule has 0 saturated carbocycles. The van der Waals surface area contributed by atoms with Gasteiger partial charge in [-0.05, 0) is 48.5 Å². The van der Waals surface area contributed by atoms with E-state index < -0.39 is 12.5 Å². The van der Waals surface area contributed by atoms with Crippen LogP contribution in [0.4, 0.5) is 5.69 Å². The van der Waals surface area contributed by atoms with Crippen LogP contribution in [-0.4, -0.2) is 55.0 Å². The number of carbonyl (C=O) groups excluding carboxylic acids is 2. The van der Waals surface area contributed by atoms with Crippen LogP contribution >= 0.6 is 11.6 Å². The molecule has 0 spiro atoms. The number of carbonyl (C=O) groups is 3. The number of hydrogen-bond donors (Lipinski definition) is 1. The number of likely N-dealkylation sites (N-methyl/N-ethyl adjacent to an activating group) is 1. The van der Waals surface area contributed by atoms with Gasteiger partial charge < -0.3 is 19.6 Å². The molecule has 0 aliphatic heterocycles. The first-order valence-electron chi connectivity index (χ1n) is 8.49. The quantitative estimate of drug-likeness (QED) is 0.730. The van der Waals surface area contributed by atoms with E-state index in [-0.39, 0.29) is 24.8 Å². The Balaban J connectivity index is 2.22. The van der Waals surface area contributed by atoms with E-state index in [0.717, 1.165) is 4.90 Å². The molecular weight excluding hydrogens is 384 g/mol. The molecule has 2 rings (SSSR count). The molecule has 0 aliphatic carbocycles. The van der Waals surface area contributed by atoms with Crippen molar-refractivity contribution in [3.63, 3.8) is 0 Å². The van der Waals surface area contributed by atoms with Gasteiger partial charge in [0.2, 0.25) is 5.91 Å². The third-order valence-corrected chi connectivity index (χ3v) is 4.32. The molecule has 2 amide bonds. The molecule has 0 fully saturated rings. The number of methoxy groups -OCH3 is 1. The SMILES string of the molecule is COc1ccc(N(CCC(=O)N(C)CC(=O)O)C(=O)c2ccc(Cl)cc2)cc1. The largest absolute Gasteiger partial charge is 0.497 e. The zero-order valence-corrected chi connectivity index (χ0v) is 16.3. The van der Waals surface area contributed by atoms with Crippen LogP contribution in [0.25, 0.3) is 0 Å². The standard InChI is InChI=1S/C20H21ClN2O5/c1-22(13-19(25)26)18(24)11-12-23(16-7-9-17(28-2)10-8-16)20(27)14-3-5-15(21)6-4-14/h3-10H,11-13H2,1-2H3,(H,25,26). The van der Waals surface area contributed by atoms with Crippen molar-refractivity contribution in [2.75, 3.05) is 32.1 Å². The van der Waals surface area contributed by atoms with Crippen molar-refractivity contribution in [3.8, 4) is 5.75 Å². The number of ether oxygens (including phenoxy) is 1. The fourth-order valence-electron chi connectivity index (χ4n) is 2.55. The van der Waals surface area contributed by atoms with Gasteiger partial charge in [-0.25, -0.2) is 0 Å². The van der Waals surface area contributed by atoms with Crippen molar-refractivity contribution in [2.45, 2.75) is 6.42 Å². The summed E-state index contributed by atoms with van der Waals surface area (Å²) in [6, 6.07) is 13.3. The van der Waals surface area contributed by atoms with Crippen LogP contribution in [0.1, 0.15) is 16.8 Å². The van der Waals surface area contributed by atoms with E-state index in [4.69, 9.17) is 21.4 Å². The van der Waals surface area contributed by atoms with Crippen LogP contribution in [0.2, 0.25) is 5.02 Å². The Bertz CT molecular complexity index is 837. The molecular formula is C20H21ClN2O5. The zero-order chi connectivity index (χ0) is 20.7. The van der Waals surface area contributed by atoms with Gasteiger partial charge in [0.25, 0.3) is 5.91 Å². The molecule has 28 heavy (non-hydrogen) atoms. The molecule has 1 N–H and O–H groups in total. The monoisotopic (exact) mass is 404 g/mol. The van der Waals surface area contributed by atoms with E-state index in [1.54, 1.807) is 55.6 Å². The third kappa shape index (κ3) is 5.72. The van der Waals surface area contributed by atoms with Gasteiger partial charge in [0.15, 0.2) is 0 Å². The van der Waals surface area contributed by atoms with Crippen LogP contribution < -0.4 is 9.64 Å². The van der Waals surface area contributed by atoms with Gasteiger partial charge in [-0.3, -0.25) is 14.4 Å². The van der Waals surface area contributed by atoms with Crippen molar-refractivity contribution in [3.05, 3.63) is 59.1 Å². The Morgan fingerprint density at radius 1 is 1.04 bits per heavy atom. The van der Waals surface area contributed by atoms with Crippen LogP contribution in [0.15, 0.2) is 48.5 Å². The molecule has 0 radical (unpaired) electrons. The first kappa shape index (κ1) is 21.2. The first-order valence-corrected chi connectivity index (χ1v) is 8.87. The van der Waals surface area contributed by atoms with Crippen molar-refractivity contribution in [1.29, 1.82) is 0 Å². The number of carboxylic acids is 1. The number of aliphatic carboxylic acids is 1. The lowest BCUT2D eigenvalue weighted by atomic mass is 10.1. The maximum absolute atomic E-state index is 13.0. The number of amides is 2. The van der Waals surface area contributed by atoms with Crippen LogP contribution in [0, 0.1) is 0 Å². The van der Waals surface area contributed by atoms with Gasteiger partial charge in [0, 0.05) is 36.3 Å². The second-order valence-corrected chi connectivity index (χ2v) is 6.49. The topological polar surface area (TPSA) is 87.2 Å². The maximum atomic E-state index is 13.0. The van der Waals surface area contributed by atoms with E-state index in [2.05, 4.69) is 0 Å². The number of hydrogen-bond acceptors (Lipinski definition) is 4. The number of nitrogens with zero attached hydrogens (tertiary/aromatic N) is 2. The van der Waals surface area contributed by atoms with Crippen LogP contribution in [0.5, 0.6) is 5.75 Å². The van der Waals surface area contributed by atoms with Crippen molar-refractivity contribution >= 4 is 35.1 Å². The number of anilines is 1. The molecule has 8 heteroatoms. The highest BCUT2D eigenvalue weighted by molar-refractivity contribution is 6.30. The summed E-state index contributed by atoms with van der Waals surface area (Å²) < 4.78 is 5.14. The summed E-state index contributed by atoms with van der Waals surface area (Å²) in [5, 5.41) is 9.33. The maximum Gasteiger partial charge on any atom is 0.323 e. The van der Waals surface area contributed by atoms with Gasteiger partial charge in [-0.1, -0.05) is 11.6 Å². The van der Waals surface area contributed by atoms with Crippen LogP contribution in [-0.2, 0) is 9.59 Å². The fraction of sp³-hybridized carbons (Fsp3) is 0.250. The van der Waals surface area contributed by atoms with E-state index in [1.165, 1.54) is 11.9 Å². The molecule has 0 unspecified atom stereocenters. The second-order valence-electron chi connectivity index (χ2n) is 6.06. The summed E-state index contributed by atoms with van der Waals surface area (Å²) in [6.07, 6.45) is -0.0187. The van der Waals surface area contributed by atoms with E-state index in [0.29, 0.717) is 22.0 Å². The molecule has 0 heterocycles. The number of carboxylic acid groups (broad SMARTS) is 1. The van der Waals surface area contributed by atoms with Crippen molar-refractivity contribution in [2.24, 2.45) is 0 Å². The van der Waals surface area contributed by atoms with Crippen molar-refractivity contribution in [1.82, 2.24) is 4.90 Å². The van der Waals surface area contributed by atoms with Gasteiger partial charge in [0.1, 0.15) is 12.3 Å². The lowest BCUT2D eigenvalue weighted by molar-refractivity contribution is -0.143. The summed E-state index contributed by atoms with van der Waals surface area (Å²) in [7, 11) is 2.96. The summed E-state index contributed by atoms with van der Waals surface area (Å²) in [5.74, 6) is -1.12. The van der Waals surface area contributed by atoms with E-state index >= 15 is 0 Å². The summed E-state index contributed by atoms with van der Waals surface area (Å²) >= 11 is 5.89. The van der Waals surface area contributed by atoms with E-state index in [9.17, 15) is 14.4 Å². The Labute approximate surface area is 168 Å². The minimum absolute atomic E-state index is 0.0187. The minimum atomic E-state index is -1.10. The number of halogens is 1. The lowest BCUT2D eigenvalue weighted by Gasteiger charge is -2.24. The van der Waals surface area contributed by atoms with Gasteiger partial charge >= 0.3 is 5.97 Å². The average molecular weight is 405 g/mol. The Morgan fingerprint density at radius 3 is 2.18 bits per heavy atom. The zero-order valence-electron chi connectivity index (χ0n) is 15.6. The number of rotatable bonds is 8. The average Bonchev–Trinajstić information content (AvgIpc) is 2.68. The van der Waals surface area contributed by atoms with Crippen molar-refractivity contribution < 1.29 is 24.2 Å². The molecule has 148 valence electrons. The lowest BCUT2D eigenvalue weighted by Crippen LogP contribution is -2.37. The summed E-state index contributed by atoms with van der Waals surface area (Å²) in [4.78, 5) is 38.6. The minimum Gasteiger partial charge on any atom is -0.497 e. The smallest absolute Gasteiger partial charge is 0.323 e. The highest BCUT2D eigenvalue weighted by Gasteiger charge is 2.20. The molecule has 0 saturated heterocycles. The summed E-state index contributed by atoms with van der Waals surface area (Å²) in [6.45, 7) is -0.302. The van der Waals surface area contributed by atoms with Gasteiger partial charge in [-0.2, -0.15) is 0 Å². The van der Waals surface area contributed by atoms with Gasteiger partial charge in [0.05, 0.1) is 7.11 Å². The molecule has 7 nitrogen and oxygen atoms in total. The second kappa shape index (κ2) is 9.75. The number of benzene rings is 2. The predicted molar refractivity (Wildman–Crippen MR) is 106 cm³/mol. The molecule has 2 aromatic carbocycles. The fourth-order valence-corrected chi connectivity index (χ4v) is 2.67. The Morgan fingerprint density at radius 2 is 1.64 bits per heavy atom. The van der Waals surface area contributed by atoms with E-state index in [1.807, 2.05) is 0 Å². The molecule has 0 aliphatic rings. The van der Waals surface area contributed by atoms with Crippen LogP contribution in [0.3, 0.4) is 0 Å². The molecule has 2 aromatic rings. The highest BCUT2D eigenvalue weighted by Crippen LogP contribution is 2.22. The third-order valence-electron chi connectivity index (χ3n) is 4.07. The molecule has 0 atom stereocenters. The van der Waals surface area contributed by atoms with Gasteiger partial charge in [-0.15, -0.1) is 0 Å². The highest BCUT2D eigenvalue weighted by atomic mass is 35.5. The normalized spacial score (nSPS) is 10.2. The Hall–Kier alpha value is -3.06. The molecule has 0 aromatic heterocycles.